The molecule has 2 fully saturated rings. The highest BCUT2D eigenvalue weighted by atomic mass is 19.1. The largest absolute Gasteiger partial charge is 0.507 e. The van der Waals surface area contributed by atoms with Crippen LogP contribution in [0.3, 0.4) is 0 Å². The van der Waals surface area contributed by atoms with Crippen molar-refractivity contribution in [3.05, 3.63) is 71.0 Å². The molecule has 0 radical (unpaired) electrons. The van der Waals surface area contributed by atoms with Gasteiger partial charge in [-0.15, -0.1) is 0 Å². The van der Waals surface area contributed by atoms with Crippen molar-refractivity contribution in [3.8, 4) is 5.75 Å². The molecule has 1 N–H and O–H groups in total. The van der Waals surface area contributed by atoms with Crippen molar-refractivity contribution < 1.29 is 28.6 Å². The van der Waals surface area contributed by atoms with E-state index in [1.807, 2.05) is 13.8 Å². The van der Waals surface area contributed by atoms with Gasteiger partial charge in [-0.1, -0.05) is 26.0 Å². The number of carbonyl (C=O) groups excluding carboxylic acids is 2. The van der Waals surface area contributed by atoms with Crippen LogP contribution in [0.1, 0.15) is 31.0 Å². The Balaban J connectivity index is 1.66. The third-order valence-electron chi connectivity index (χ3n) is 6.20. The number of aliphatic hydroxyl groups is 1. The molecule has 0 unspecified atom stereocenters. The van der Waals surface area contributed by atoms with E-state index in [9.17, 15) is 19.1 Å². The van der Waals surface area contributed by atoms with Gasteiger partial charge in [0.05, 0.1) is 31.4 Å². The smallest absolute Gasteiger partial charge is 0.295 e. The molecule has 0 aliphatic carbocycles. The molecule has 0 aromatic heterocycles. The monoisotopic (exact) mass is 482 g/mol. The Labute approximate surface area is 204 Å². The van der Waals surface area contributed by atoms with Crippen LogP contribution in [0.2, 0.25) is 0 Å². The number of likely N-dealkylation sites (tertiary alicyclic amines) is 1. The second-order valence-electron chi connectivity index (χ2n) is 9.23. The number of morpholine rings is 1. The van der Waals surface area contributed by atoms with E-state index in [4.69, 9.17) is 9.47 Å². The lowest BCUT2D eigenvalue weighted by Crippen LogP contribution is -2.42. The molecule has 4 rings (SSSR count). The van der Waals surface area contributed by atoms with Gasteiger partial charge < -0.3 is 19.5 Å². The molecular weight excluding hydrogens is 451 g/mol. The summed E-state index contributed by atoms with van der Waals surface area (Å²) in [6.45, 7) is 8.26. The molecule has 0 bridgehead atoms. The van der Waals surface area contributed by atoms with E-state index in [2.05, 4.69) is 4.90 Å². The molecule has 2 aliphatic rings. The third kappa shape index (κ3) is 5.71. The van der Waals surface area contributed by atoms with Crippen LogP contribution in [0.25, 0.3) is 5.76 Å². The molecule has 1 amide bonds. The molecule has 2 aliphatic heterocycles. The Kier molecular flexibility index (Phi) is 7.83. The Morgan fingerprint density at radius 2 is 1.71 bits per heavy atom. The van der Waals surface area contributed by atoms with E-state index in [0.717, 1.165) is 13.1 Å². The molecule has 2 saturated heterocycles. The van der Waals surface area contributed by atoms with Crippen LogP contribution < -0.4 is 4.74 Å². The van der Waals surface area contributed by atoms with E-state index < -0.39 is 23.5 Å². The lowest BCUT2D eigenvalue weighted by molar-refractivity contribution is -0.140. The number of carbonyl (C=O) groups is 2. The minimum Gasteiger partial charge on any atom is -0.507 e. The molecule has 2 heterocycles. The van der Waals surface area contributed by atoms with Crippen molar-refractivity contribution in [1.82, 2.24) is 9.80 Å². The summed E-state index contributed by atoms with van der Waals surface area (Å²) in [6, 6.07) is 11.6. The number of hydrogen-bond acceptors (Lipinski definition) is 6. The Bertz CT molecular complexity index is 1080. The normalized spacial score (nSPS) is 20.6. The molecule has 2 aromatic rings. The predicted molar refractivity (Wildman–Crippen MR) is 129 cm³/mol. The number of halogens is 1. The van der Waals surface area contributed by atoms with Crippen molar-refractivity contribution in [3.63, 3.8) is 0 Å². The molecule has 0 spiro atoms. The summed E-state index contributed by atoms with van der Waals surface area (Å²) in [5, 5.41) is 11.2. The summed E-state index contributed by atoms with van der Waals surface area (Å²) >= 11 is 0. The van der Waals surface area contributed by atoms with Gasteiger partial charge in [0.25, 0.3) is 11.7 Å². The van der Waals surface area contributed by atoms with Gasteiger partial charge in [-0.2, -0.15) is 0 Å². The van der Waals surface area contributed by atoms with Gasteiger partial charge in [0.1, 0.15) is 17.3 Å². The van der Waals surface area contributed by atoms with E-state index >= 15 is 0 Å². The number of rotatable bonds is 8. The number of hydrogen-bond donors (Lipinski definition) is 1. The van der Waals surface area contributed by atoms with Gasteiger partial charge in [-0.25, -0.2) is 4.39 Å². The van der Waals surface area contributed by atoms with Gasteiger partial charge in [0.2, 0.25) is 0 Å². The fourth-order valence-electron chi connectivity index (χ4n) is 4.30. The summed E-state index contributed by atoms with van der Waals surface area (Å²) in [7, 11) is 0. The Hall–Kier alpha value is -3.23. The highest BCUT2D eigenvalue weighted by molar-refractivity contribution is 6.46. The number of amides is 1. The first kappa shape index (κ1) is 24.9. The average Bonchev–Trinajstić information content (AvgIpc) is 3.12. The first-order valence-electron chi connectivity index (χ1n) is 11.9. The SMILES string of the molecule is CC(C)COc1ccc(/C(O)=C2\C(=O)C(=O)N(CCN3CCOCC3)[C@@H]2c2ccc(F)cc2)cc1. The van der Waals surface area contributed by atoms with Crippen LogP contribution in [0.4, 0.5) is 4.39 Å². The molecule has 8 heteroatoms. The average molecular weight is 483 g/mol. The summed E-state index contributed by atoms with van der Waals surface area (Å²) in [4.78, 5) is 29.8. The molecule has 0 saturated carbocycles. The molecule has 186 valence electrons. The highest BCUT2D eigenvalue weighted by Crippen LogP contribution is 2.39. The topological polar surface area (TPSA) is 79.3 Å². The number of nitrogens with zero attached hydrogens (tertiary/aromatic N) is 2. The fourth-order valence-corrected chi connectivity index (χ4v) is 4.30. The van der Waals surface area contributed by atoms with Gasteiger partial charge >= 0.3 is 0 Å². The predicted octanol–water partition coefficient (Wildman–Crippen LogP) is 3.61. The number of ketones is 1. The van der Waals surface area contributed by atoms with Crippen LogP contribution in [-0.4, -0.2) is 72.6 Å². The molecule has 2 aromatic carbocycles. The second-order valence-corrected chi connectivity index (χ2v) is 9.23. The van der Waals surface area contributed by atoms with E-state index in [1.165, 1.54) is 17.0 Å². The second kappa shape index (κ2) is 11.0. The molecule has 35 heavy (non-hydrogen) atoms. The number of ether oxygens (including phenoxy) is 2. The summed E-state index contributed by atoms with van der Waals surface area (Å²) in [5.41, 5.74) is 0.964. The van der Waals surface area contributed by atoms with Gasteiger partial charge in [-0.05, 0) is 47.9 Å². The first-order chi connectivity index (χ1) is 16.8. The zero-order valence-electron chi connectivity index (χ0n) is 20.1. The van der Waals surface area contributed by atoms with E-state index in [1.54, 1.807) is 36.4 Å². The minimum absolute atomic E-state index is 0.000524. The van der Waals surface area contributed by atoms with Crippen LogP contribution in [0, 0.1) is 11.7 Å². The van der Waals surface area contributed by atoms with E-state index in [0.29, 0.717) is 55.7 Å². The molecular formula is C27H31FN2O5. The summed E-state index contributed by atoms with van der Waals surface area (Å²) in [5.74, 6) is -1.09. The zero-order valence-corrected chi connectivity index (χ0v) is 20.1. The van der Waals surface area contributed by atoms with Crippen molar-refractivity contribution in [2.24, 2.45) is 5.92 Å². The van der Waals surface area contributed by atoms with Gasteiger partial charge in [0.15, 0.2) is 0 Å². The molecule has 1 atom stereocenters. The quantitative estimate of drug-likeness (QED) is 0.352. The maximum Gasteiger partial charge on any atom is 0.295 e. The highest BCUT2D eigenvalue weighted by Gasteiger charge is 2.46. The maximum absolute atomic E-state index is 13.6. The van der Waals surface area contributed by atoms with E-state index in [-0.39, 0.29) is 11.3 Å². The lowest BCUT2D eigenvalue weighted by Gasteiger charge is -2.31. The summed E-state index contributed by atoms with van der Waals surface area (Å²) < 4.78 is 24.7. The Morgan fingerprint density at radius 1 is 1.06 bits per heavy atom. The van der Waals surface area contributed by atoms with Crippen LogP contribution in [0.15, 0.2) is 54.1 Å². The fraction of sp³-hybridized carbons (Fsp3) is 0.407. The lowest BCUT2D eigenvalue weighted by atomic mass is 9.95. The minimum atomic E-state index is -0.812. The van der Waals surface area contributed by atoms with Crippen LogP contribution in [-0.2, 0) is 14.3 Å². The number of Topliss-reactive ketones (excluding diaryl/α,β-unsaturated/α-hetero) is 1. The van der Waals surface area contributed by atoms with Crippen LogP contribution in [0.5, 0.6) is 5.75 Å². The number of benzene rings is 2. The van der Waals surface area contributed by atoms with Crippen LogP contribution >= 0.6 is 0 Å². The third-order valence-corrected chi connectivity index (χ3v) is 6.20. The Morgan fingerprint density at radius 3 is 2.34 bits per heavy atom. The first-order valence-corrected chi connectivity index (χ1v) is 11.9. The van der Waals surface area contributed by atoms with Gasteiger partial charge in [-0.3, -0.25) is 14.5 Å². The van der Waals surface area contributed by atoms with Gasteiger partial charge in [0, 0.05) is 31.7 Å². The number of aliphatic hydroxyl groups excluding tert-OH is 1. The summed E-state index contributed by atoms with van der Waals surface area (Å²) in [6.07, 6.45) is 0. The maximum atomic E-state index is 13.6. The standard InChI is InChI=1S/C27H31FN2O5/c1-18(2)17-35-22-9-5-20(6-10-22)25(31)23-24(19-3-7-21(28)8-4-19)30(27(33)26(23)32)12-11-29-13-15-34-16-14-29/h3-10,18,24,31H,11-17H2,1-2H3/b25-23+/t24-/m1/s1. The zero-order chi connectivity index (χ0) is 24.9. The van der Waals surface area contributed by atoms with Crippen molar-refractivity contribution >= 4 is 17.4 Å². The van der Waals surface area contributed by atoms with Crippen molar-refractivity contribution in [2.45, 2.75) is 19.9 Å². The molecule has 7 nitrogen and oxygen atoms in total. The van der Waals surface area contributed by atoms with Crippen molar-refractivity contribution in [1.29, 1.82) is 0 Å². The van der Waals surface area contributed by atoms with Crippen molar-refractivity contribution in [2.75, 3.05) is 46.0 Å².